The van der Waals surface area contributed by atoms with Gasteiger partial charge in [-0.2, -0.15) is 0 Å². The van der Waals surface area contributed by atoms with E-state index in [0.29, 0.717) is 64.5 Å². The molecule has 2 aliphatic heterocycles. The number of rotatable bonds is 9. The van der Waals surface area contributed by atoms with E-state index < -0.39 is 11.2 Å². The summed E-state index contributed by atoms with van der Waals surface area (Å²) in [7, 11) is 1.58. The first-order valence-corrected chi connectivity index (χ1v) is 15.2. The highest BCUT2D eigenvalue weighted by Crippen LogP contribution is 2.42. The highest BCUT2D eigenvalue weighted by Gasteiger charge is 2.44. The van der Waals surface area contributed by atoms with Crippen LogP contribution in [0.3, 0.4) is 0 Å². The average Bonchev–Trinajstić information content (AvgIpc) is 3.00. The van der Waals surface area contributed by atoms with Crippen LogP contribution in [0.4, 0.5) is 15.8 Å². The van der Waals surface area contributed by atoms with Crippen molar-refractivity contribution in [2.24, 2.45) is 5.41 Å². The molecule has 1 fully saturated rings. The number of fused-ring (bicyclic) bond motifs is 1. The average molecular weight is 650 g/mol. The van der Waals surface area contributed by atoms with Gasteiger partial charge in [-0.3, -0.25) is 9.59 Å². The summed E-state index contributed by atoms with van der Waals surface area (Å²) in [5.74, 6) is 0.119. The summed E-state index contributed by atoms with van der Waals surface area (Å²) < 4.78 is 32.4. The number of halogens is 4. The summed E-state index contributed by atoms with van der Waals surface area (Å²) in [4.78, 5) is 29.8. The highest BCUT2D eigenvalue weighted by atomic mass is 35.5. The van der Waals surface area contributed by atoms with Gasteiger partial charge < -0.3 is 24.0 Å². The number of nitrogens with zero attached hydrogens (tertiary/aromatic N) is 2. The molecule has 0 atom stereocenters. The minimum absolute atomic E-state index is 0.0410. The van der Waals surface area contributed by atoms with E-state index in [-0.39, 0.29) is 43.7 Å². The fraction of sp³-hybridized carbons (Fsp3) is 0.375. The summed E-state index contributed by atoms with van der Waals surface area (Å²) in [6.07, 6.45) is 1.42. The van der Waals surface area contributed by atoms with Crippen LogP contribution in [0.25, 0.3) is 0 Å². The summed E-state index contributed by atoms with van der Waals surface area (Å²) >= 11 is 18.8. The zero-order valence-corrected chi connectivity index (χ0v) is 26.2. The smallest absolute Gasteiger partial charge is 0.315 e. The van der Waals surface area contributed by atoms with Crippen LogP contribution in [-0.4, -0.2) is 45.3 Å². The van der Waals surface area contributed by atoms with Crippen LogP contribution in [0.5, 0.6) is 11.5 Å². The van der Waals surface area contributed by atoms with E-state index >= 15 is 4.39 Å². The monoisotopic (exact) mass is 648 g/mol. The fourth-order valence-electron chi connectivity index (χ4n) is 5.67. The Bertz CT molecular complexity index is 1510. The molecule has 43 heavy (non-hydrogen) atoms. The molecule has 3 aromatic rings. The maximum absolute atomic E-state index is 15.3. The second-order valence-corrected chi connectivity index (χ2v) is 11.9. The molecule has 0 aliphatic carbocycles. The Morgan fingerprint density at radius 3 is 2.35 bits per heavy atom. The molecule has 5 rings (SSSR count). The number of hydrogen-bond acceptors (Lipinski definition) is 6. The van der Waals surface area contributed by atoms with E-state index in [1.807, 2.05) is 12.1 Å². The third-order valence-electron chi connectivity index (χ3n) is 8.11. The quantitative estimate of drug-likeness (QED) is 0.177. The lowest BCUT2D eigenvalue weighted by Gasteiger charge is -2.41. The minimum Gasteiger partial charge on any atom is -0.497 e. The number of amides is 1. The van der Waals surface area contributed by atoms with Crippen LogP contribution < -0.4 is 19.3 Å². The van der Waals surface area contributed by atoms with Crippen molar-refractivity contribution in [3.05, 3.63) is 80.5 Å². The molecule has 228 valence electrons. The van der Waals surface area contributed by atoms with Gasteiger partial charge in [0, 0.05) is 25.1 Å². The number of ether oxygens (including phenoxy) is 3. The Hall–Kier alpha value is -3.20. The van der Waals surface area contributed by atoms with E-state index in [2.05, 4.69) is 4.90 Å². The molecule has 1 saturated heterocycles. The van der Waals surface area contributed by atoms with Gasteiger partial charge in [-0.1, -0.05) is 46.9 Å². The largest absolute Gasteiger partial charge is 0.497 e. The molecule has 1 amide bonds. The molecule has 11 heteroatoms. The first-order valence-electron chi connectivity index (χ1n) is 14.1. The van der Waals surface area contributed by atoms with Gasteiger partial charge in [-0.15, -0.1) is 0 Å². The Morgan fingerprint density at radius 1 is 0.977 bits per heavy atom. The van der Waals surface area contributed by atoms with Crippen molar-refractivity contribution in [1.29, 1.82) is 0 Å². The number of anilines is 2. The first-order chi connectivity index (χ1) is 20.7. The molecule has 0 spiro atoms. The van der Waals surface area contributed by atoms with Crippen molar-refractivity contribution in [3.63, 3.8) is 0 Å². The summed E-state index contributed by atoms with van der Waals surface area (Å²) in [6, 6.07) is 13.5. The van der Waals surface area contributed by atoms with Crippen LogP contribution in [0.1, 0.15) is 37.3 Å². The predicted octanol–water partition coefficient (Wildman–Crippen LogP) is 7.50. The van der Waals surface area contributed by atoms with Crippen LogP contribution in [0.15, 0.2) is 48.5 Å². The van der Waals surface area contributed by atoms with Gasteiger partial charge in [0.25, 0.3) is 0 Å². The minimum atomic E-state index is -0.927. The second-order valence-electron chi connectivity index (χ2n) is 10.7. The SMILES string of the molecule is CCOC(=O)C1(COc2ccc(F)c3c2CCC(=O)N3Cc2ccc(OC)cc2)CCN(c2cc(Cl)c(Cl)cc2Cl)CC1. The highest BCUT2D eigenvalue weighted by molar-refractivity contribution is 6.44. The third kappa shape index (κ3) is 6.52. The van der Waals surface area contributed by atoms with Crippen molar-refractivity contribution in [1.82, 2.24) is 0 Å². The van der Waals surface area contributed by atoms with Crippen molar-refractivity contribution in [3.8, 4) is 11.5 Å². The number of methoxy groups -OCH3 is 1. The molecule has 2 aliphatic rings. The van der Waals surface area contributed by atoms with E-state index in [1.165, 1.54) is 11.0 Å². The van der Waals surface area contributed by atoms with Gasteiger partial charge in [-0.25, -0.2) is 4.39 Å². The number of carbonyl (C=O) groups is 2. The Kier molecular flexibility index (Phi) is 9.59. The third-order valence-corrected chi connectivity index (χ3v) is 9.14. The summed E-state index contributed by atoms with van der Waals surface area (Å²) in [5.41, 5.74) is 1.46. The van der Waals surface area contributed by atoms with Gasteiger partial charge >= 0.3 is 5.97 Å². The zero-order valence-electron chi connectivity index (χ0n) is 23.9. The fourth-order valence-corrected chi connectivity index (χ4v) is 6.33. The van der Waals surface area contributed by atoms with Gasteiger partial charge in [0.2, 0.25) is 5.91 Å². The normalized spacial score (nSPS) is 16.1. The van der Waals surface area contributed by atoms with Crippen LogP contribution >= 0.6 is 34.8 Å². The van der Waals surface area contributed by atoms with Gasteiger partial charge in [-0.05, 0) is 68.1 Å². The molecule has 0 aromatic heterocycles. The van der Waals surface area contributed by atoms with E-state index in [1.54, 1.807) is 44.4 Å². The molecule has 7 nitrogen and oxygen atoms in total. The van der Waals surface area contributed by atoms with Gasteiger partial charge in [0.1, 0.15) is 29.3 Å². The zero-order chi connectivity index (χ0) is 30.7. The van der Waals surface area contributed by atoms with E-state index in [0.717, 1.165) is 11.3 Å². The number of benzene rings is 3. The molecular weight excluding hydrogens is 618 g/mol. The van der Waals surface area contributed by atoms with Gasteiger partial charge in [0.15, 0.2) is 0 Å². The Balaban J connectivity index is 1.37. The van der Waals surface area contributed by atoms with Crippen LogP contribution in [0.2, 0.25) is 15.1 Å². The molecule has 0 unspecified atom stereocenters. The molecule has 0 radical (unpaired) electrons. The topological polar surface area (TPSA) is 68.3 Å². The number of esters is 1. The maximum atomic E-state index is 15.3. The van der Waals surface area contributed by atoms with E-state index in [4.69, 9.17) is 49.0 Å². The first kappa shape index (κ1) is 31.2. The lowest BCUT2D eigenvalue weighted by molar-refractivity contribution is -0.159. The molecule has 2 heterocycles. The second kappa shape index (κ2) is 13.2. The molecule has 0 saturated carbocycles. The lowest BCUT2D eigenvalue weighted by Crippen LogP contribution is -2.48. The number of piperidine rings is 1. The van der Waals surface area contributed by atoms with Crippen molar-refractivity contribution < 1.29 is 28.2 Å². The Morgan fingerprint density at radius 2 is 1.67 bits per heavy atom. The van der Waals surface area contributed by atoms with Crippen LogP contribution in [-0.2, 0) is 27.3 Å². The Labute approximate surface area is 265 Å². The number of hydrogen-bond donors (Lipinski definition) is 0. The standard InChI is InChI=1S/C32H32Cl3FN2O5/c1-3-42-31(40)32(12-14-37(15-13-32)27-17-24(34)23(33)16-25(27)35)19-43-28-10-9-26(36)30-22(28)8-11-29(39)38(30)18-20-4-6-21(41-2)7-5-20/h4-7,9-10,16-17H,3,8,11-15,18-19H2,1-2H3. The lowest BCUT2D eigenvalue weighted by atomic mass is 9.79. The predicted molar refractivity (Wildman–Crippen MR) is 166 cm³/mol. The van der Waals surface area contributed by atoms with Crippen molar-refractivity contribution >= 4 is 58.1 Å². The van der Waals surface area contributed by atoms with E-state index in [9.17, 15) is 9.59 Å². The van der Waals surface area contributed by atoms with Crippen molar-refractivity contribution in [2.75, 3.05) is 43.2 Å². The van der Waals surface area contributed by atoms with Crippen molar-refractivity contribution in [2.45, 2.75) is 39.2 Å². The maximum Gasteiger partial charge on any atom is 0.315 e. The molecule has 0 bridgehead atoms. The molecular formula is C32H32Cl3FN2O5. The number of carbonyl (C=O) groups excluding carboxylic acids is 2. The molecule has 3 aromatic carbocycles. The summed E-state index contributed by atoms with van der Waals surface area (Å²) in [5, 5.41) is 1.24. The molecule has 0 N–H and O–H groups in total. The van der Waals surface area contributed by atoms with Crippen LogP contribution in [0, 0.1) is 11.2 Å². The van der Waals surface area contributed by atoms with Gasteiger partial charge in [0.05, 0.1) is 46.7 Å². The summed E-state index contributed by atoms with van der Waals surface area (Å²) in [6.45, 7) is 3.26.